The third-order valence-electron chi connectivity index (χ3n) is 5.05. The van der Waals surface area contributed by atoms with E-state index in [2.05, 4.69) is 10.6 Å². The number of likely N-dealkylation sites (tertiary alicyclic amines) is 1. The summed E-state index contributed by atoms with van der Waals surface area (Å²) in [7, 11) is 0. The Hall–Kier alpha value is -2.89. The molecule has 0 saturated carbocycles. The van der Waals surface area contributed by atoms with Crippen molar-refractivity contribution >= 4 is 28.5 Å². The molecule has 0 aromatic heterocycles. The molecule has 1 fully saturated rings. The molecule has 6 heteroatoms. The van der Waals surface area contributed by atoms with Crippen molar-refractivity contribution in [2.24, 2.45) is 0 Å². The Balaban J connectivity index is 1.38. The minimum atomic E-state index is -0.280. The summed E-state index contributed by atoms with van der Waals surface area (Å²) in [5.41, 5.74) is 0.933. The van der Waals surface area contributed by atoms with Gasteiger partial charge in [-0.2, -0.15) is 0 Å². The summed E-state index contributed by atoms with van der Waals surface area (Å²) in [4.78, 5) is 38.0. The number of hydrogen-bond acceptors (Lipinski definition) is 3. The first-order valence-corrected chi connectivity index (χ1v) is 9.91. The monoisotopic (exact) mass is 381 g/mol. The van der Waals surface area contributed by atoms with Crippen LogP contribution in [0.15, 0.2) is 42.5 Å². The molecule has 3 amide bonds. The van der Waals surface area contributed by atoms with E-state index in [9.17, 15) is 14.4 Å². The summed E-state index contributed by atoms with van der Waals surface area (Å²) in [6.45, 7) is 1.85. The fourth-order valence-electron chi connectivity index (χ4n) is 3.53. The van der Waals surface area contributed by atoms with Crippen LogP contribution in [0.4, 0.5) is 0 Å². The zero-order chi connectivity index (χ0) is 19.8. The predicted molar refractivity (Wildman–Crippen MR) is 109 cm³/mol. The molecule has 148 valence electrons. The lowest BCUT2D eigenvalue weighted by Crippen LogP contribution is -2.40. The number of benzene rings is 2. The van der Waals surface area contributed by atoms with Gasteiger partial charge in [0.25, 0.3) is 0 Å². The van der Waals surface area contributed by atoms with Crippen molar-refractivity contribution in [3.8, 4) is 0 Å². The molecule has 0 atom stereocenters. The minimum Gasteiger partial charge on any atom is -0.354 e. The predicted octanol–water partition coefficient (Wildman–Crippen LogP) is 2.02. The SMILES string of the molecule is O=C(CNC(=O)Cc1cccc2ccccc12)NCCC(=O)N1CCCCC1. The summed E-state index contributed by atoms with van der Waals surface area (Å²) < 4.78 is 0. The van der Waals surface area contributed by atoms with Gasteiger partial charge in [0.15, 0.2) is 0 Å². The third kappa shape index (κ3) is 5.55. The van der Waals surface area contributed by atoms with E-state index < -0.39 is 0 Å². The summed E-state index contributed by atoms with van der Waals surface area (Å²) in [6, 6.07) is 13.8. The number of amides is 3. The van der Waals surface area contributed by atoms with E-state index >= 15 is 0 Å². The first kappa shape index (κ1) is 19.9. The molecule has 1 heterocycles. The van der Waals surface area contributed by atoms with Gasteiger partial charge in [0.1, 0.15) is 0 Å². The highest BCUT2D eigenvalue weighted by atomic mass is 16.2. The summed E-state index contributed by atoms with van der Waals surface area (Å²) in [5, 5.41) is 7.48. The van der Waals surface area contributed by atoms with Crippen LogP contribution >= 0.6 is 0 Å². The average molecular weight is 381 g/mol. The fourth-order valence-corrected chi connectivity index (χ4v) is 3.53. The van der Waals surface area contributed by atoms with E-state index in [1.807, 2.05) is 47.4 Å². The van der Waals surface area contributed by atoms with Crippen LogP contribution in [0.3, 0.4) is 0 Å². The van der Waals surface area contributed by atoms with Crippen LogP contribution in [0.5, 0.6) is 0 Å². The van der Waals surface area contributed by atoms with Gasteiger partial charge in [-0.15, -0.1) is 0 Å². The van der Waals surface area contributed by atoms with Crippen LogP contribution < -0.4 is 10.6 Å². The molecule has 0 bridgehead atoms. The van der Waals surface area contributed by atoms with Gasteiger partial charge in [0.2, 0.25) is 17.7 Å². The minimum absolute atomic E-state index is 0.0818. The molecule has 28 heavy (non-hydrogen) atoms. The van der Waals surface area contributed by atoms with Crippen molar-refractivity contribution in [3.63, 3.8) is 0 Å². The molecule has 2 aromatic carbocycles. The first-order chi connectivity index (χ1) is 13.6. The van der Waals surface area contributed by atoms with Gasteiger partial charge in [-0.05, 0) is 35.6 Å². The van der Waals surface area contributed by atoms with Crippen molar-refractivity contribution in [2.75, 3.05) is 26.2 Å². The van der Waals surface area contributed by atoms with Crippen molar-refractivity contribution in [2.45, 2.75) is 32.1 Å². The molecule has 2 aromatic rings. The molecule has 2 N–H and O–H groups in total. The number of piperidine rings is 1. The van der Waals surface area contributed by atoms with Crippen LogP contribution in [0.25, 0.3) is 10.8 Å². The van der Waals surface area contributed by atoms with Gasteiger partial charge < -0.3 is 15.5 Å². The third-order valence-corrected chi connectivity index (χ3v) is 5.05. The number of carbonyl (C=O) groups is 3. The highest BCUT2D eigenvalue weighted by Gasteiger charge is 2.16. The molecule has 6 nitrogen and oxygen atoms in total. The maximum absolute atomic E-state index is 12.2. The normalized spacial score (nSPS) is 13.9. The zero-order valence-corrected chi connectivity index (χ0v) is 16.1. The van der Waals surface area contributed by atoms with Gasteiger partial charge in [0, 0.05) is 26.1 Å². The van der Waals surface area contributed by atoms with Gasteiger partial charge in [0.05, 0.1) is 13.0 Å². The second kappa shape index (κ2) is 9.88. The average Bonchev–Trinajstić information content (AvgIpc) is 2.73. The lowest BCUT2D eigenvalue weighted by Gasteiger charge is -2.26. The summed E-state index contributed by atoms with van der Waals surface area (Å²) in [6.07, 6.45) is 3.82. The Labute approximate surface area is 165 Å². The maximum Gasteiger partial charge on any atom is 0.239 e. The number of nitrogens with one attached hydrogen (secondary N) is 2. The number of fused-ring (bicyclic) bond motifs is 1. The largest absolute Gasteiger partial charge is 0.354 e. The molecule has 0 radical (unpaired) electrons. The van der Waals surface area contributed by atoms with Crippen molar-refractivity contribution in [1.82, 2.24) is 15.5 Å². The van der Waals surface area contributed by atoms with E-state index in [1.54, 1.807) is 0 Å². The van der Waals surface area contributed by atoms with Gasteiger partial charge in [-0.3, -0.25) is 14.4 Å². The topological polar surface area (TPSA) is 78.5 Å². The molecule has 3 rings (SSSR count). The fraction of sp³-hybridized carbons (Fsp3) is 0.409. The van der Waals surface area contributed by atoms with Crippen LogP contribution in [0, 0.1) is 0 Å². The number of hydrogen-bond donors (Lipinski definition) is 2. The van der Waals surface area contributed by atoms with Crippen LogP contribution in [-0.2, 0) is 20.8 Å². The standard InChI is InChI=1S/C22H27N3O3/c26-20(15-18-9-6-8-17-7-2-3-10-19(17)18)24-16-21(27)23-12-11-22(28)25-13-4-1-5-14-25/h2-3,6-10H,1,4-5,11-16H2,(H,23,27)(H,24,26). The molecule has 0 aliphatic carbocycles. The summed E-state index contributed by atoms with van der Waals surface area (Å²) in [5.74, 6) is -0.395. The van der Waals surface area contributed by atoms with Gasteiger partial charge >= 0.3 is 0 Å². The molecule has 0 unspecified atom stereocenters. The van der Waals surface area contributed by atoms with Crippen LogP contribution in [0.2, 0.25) is 0 Å². The second-order valence-electron chi connectivity index (χ2n) is 7.13. The highest BCUT2D eigenvalue weighted by molar-refractivity contribution is 5.91. The van der Waals surface area contributed by atoms with Crippen LogP contribution in [-0.4, -0.2) is 48.8 Å². The molecule has 0 spiro atoms. The Bertz CT molecular complexity index is 839. The highest BCUT2D eigenvalue weighted by Crippen LogP contribution is 2.18. The molecule has 1 saturated heterocycles. The molecular formula is C22H27N3O3. The lowest BCUT2D eigenvalue weighted by molar-refractivity contribution is -0.132. The van der Waals surface area contributed by atoms with E-state index in [1.165, 1.54) is 6.42 Å². The maximum atomic E-state index is 12.2. The second-order valence-corrected chi connectivity index (χ2v) is 7.13. The van der Waals surface area contributed by atoms with E-state index in [0.717, 1.165) is 42.3 Å². The molecule has 1 aliphatic rings. The smallest absolute Gasteiger partial charge is 0.239 e. The van der Waals surface area contributed by atoms with E-state index in [4.69, 9.17) is 0 Å². The summed E-state index contributed by atoms with van der Waals surface area (Å²) >= 11 is 0. The Morgan fingerprint density at radius 1 is 0.857 bits per heavy atom. The van der Waals surface area contributed by atoms with E-state index in [-0.39, 0.29) is 30.7 Å². The Morgan fingerprint density at radius 2 is 1.61 bits per heavy atom. The molecular weight excluding hydrogens is 354 g/mol. The lowest BCUT2D eigenvalue weighted by atomic mass is 10.0. The molecule has 1 aliphatic heterocycles. The number of carbonyl (C=O) groups excluding carboxylic acids is 3. The Morgan fingerprint density at radius 3 is 2.43 bits per heavy atom. The first-order valence-electron chi connectivity index (χ1n) is 9.91. The van der Waals surface area contributed by atoms with Crippen molar-refractivity contribution in [1.29, 1.82) is 0 Å². The quantitative estimate of drug-likeness (QED) is 0.770. The van der Waals surface area contributed by atoms with Gasteiger partial charge in [-0.25, -0.2) is 0 Å². The van der Waals surface area contributed by atoms with Crippen molar-refractivity contribution < 1.29 is 14.4 Å². The van der Waals surface area contributed by atoms with Gasteiger partial charge in [-0.1, -0.05) is 42.5 Å². The zero-order valence-electron chi connectivity index (χ0n) is 16.1. The number of rotatable bonds is 7. The van der Waals surface area contributed by atoms with Crippen molar-refractivity contribution in [3.05, 3.63) is 48.0 Å². The van der Waals surface area contributed by atoms with E-state index in [0.29, 0.717) is 13.0 Å². The Kier molecular flexibility index (Phi) is 7.00. The van der Waals surface area contributed by atoms with Crippen LogP contribution in [0.1, 0.15) is 31.2 Å². The number of nitrogens with zero attached hydrogens (tertiary/aromatic N) is 1.